The smallest absolute Gasteiger partial charge is 0.248 e. The number of ether oxygens (including phenoxy) is 5. The number of aromatic hydroxyl groups is 1. The Morgan fingerprint density at radius 2 is 1.39 bits per heavy atom. The van der Waals surface area contributed by atoms with Crippen LogP contribution in [0.1, 0.15) is 16.7 Å². The Bertz CT molecular complexity index is 1260. The van der Waals surface area contributed by atoms with Gasteiger partial charge in [-0.1, -0.05) is 18.2 Å². The van der Waals surface area contributed by atoms with Gasteiger partial charge in [0.15, 0.2) is 23.0 Å². The van der Waals surface area contributed by atoms with Crippen LogP contribution >= 0.6 is 0 Å². The zero-order chi connectivity index (χ0) is 26.1. The first-order valence-corrected chi connectivity index (χ1v) is 10.9. The van der Waals surface area contributed by atoms with Gasteiger partial charge in [0, 0.05) is 17.3 Å². The van der Waals surface area contributed by atoms with Crippen molar-refractivity contribution in [1.29, 1.82) is 0 Å². The fourth-order valence-corrected chi connectivity index (χ4v) is 3.45. The van der Waals surface area contributed by atoms with Crippen molar-refractivity contribution in [1.82, 2.24) is 0 Å². The Kier molecular flexibility index (Phi) is 8.83. The van der Waals surface area contributed by atoms with E-state index in [0.717, 1.165) is 11.1 Å². The predicted molar refractivity (Wildman–Crippen MR) is 140 cm³/mol. The second kappa shape index (κ2) is 12.2. The summed E-state index contributed by atoms with van der Waals surface area (Å²) in [7, 11) is 7.71. The summed E-state index contributed by atoms with van der Waals surface area (Å²) in [6.07, 6.45) is 6.76. The molecular formula is C28H29NO7. The van der Waals surface area contributed by atoms with E-state index in [1.54, 1.807) is 58.8 Å². The van der Waals surface area contributed by atoms with Crippen LogP contribution in [0, 0.1) is 0 Å². The molecule has 0 aliphatic carbocycles. The van der Waals surface area contributed by atoms with E-state index in [-0.39, 0.29) is 11.7 Å². The maximum absolute atomic E-state index is 12.6. The molecule has 0 aliphatic heterocycles. The Hall–Kier alpha value is -4.59. The number of amides is 1. The summed E-state index contributed by atoms with van der Waals surface area (Å²) in [5.41, 5.74) is 2.84. The van der Waals surface area contributed by atoms with E-state index in [1.807, 2.05) is 30.4 Å². The van der Waals surface area contributed by atoms with Crippen molar-refractivity contribution in [3.63, 3.8) is 0 Å². The third-order valence-electron chi connectivity index (χ3n) is 5.29. The number of benzene rings is 3. The zero-order valence-corrected chi connectivity index (χ0v) is 20.8. The maximum Gasteiger partial charge on any atom is 0.248 e. The van der Waals surface area contributed by atoms with Crippen molar-refractivity contribution in [3.05, 3.63) is 71.3 Å². The fraction of sp³-hybridized carbons (Fsp3) is 0.179. The Morgan fingerprint density at radius 1 is 0.722 bits per heavy atom. The molecule has 0 saturated carbocycles. The van der Waals surface area contributed by atoms with Crippen LogP contribution in [0.3, 0.4) is 0 Å². The van der Waals surface area contributed by atoms with Crippen LogP contribution in [-0.4, -0.2) is 46.6 Å². The number of nitrogens with one attached hydrogen (secondary N) is 1. The second-order valence-electron chi connectivity index (χ2n) is 7.50. The molecule has 0 aromatic heterocycles. The standard InChI is InChI=1S/C28H29NO7/c1-32-21-10-11-22(29-27(31)13-8-18-7-12-23(30)24(14-18)33-2)20(17-21)9-6-19-15-25(34-3)28(36-5)26(16-19)35-4/h6-17,30H,1-5H3,(H,29,31)/b9-6?,13-8+. The molecule has 3 rings (SSSR count). The summed E-state index contributed by atoms with van der Waals surface area (Å²) in [6.45, 7) is 0. The van der Waals surface area contributed by atoms with Crippen molar-refractivity contribution in [2.24, 2.45) is 0 Å². The van der Waals surface area contributed by atoms with Gasteiger partial charge in [0.25, 0.3) is 0 Å². The van der Waals surface area contributed by atoms with Gasteiger partial charge in [0.05, 0.1) is 35.5 Å². The first-order chi connectivity index (χ1) is 17.4. The lowest BCUT2D eigenvalue weighted by Gasteiger charge is -2.13. The van der Waals surface area contributed by atoms with E-state index in [2.05, 4.69) is 5.32 Å². The predicted octanol–water partition coefficient (Wildman–Crippen LogP) is 5.26. The first kappa shape index (κ1) is 26.0. The molecule has 0 radical (unpaired) electrons. The van der Waals surface area contributed by atoms with Gasteiger partial charge in [-0.3, -0.25) is 4.79 Å². The van der Waals surface area contributed by atoms with Gasteiger partial charge < -0.3 is 34.1 Å². The minimum Gasteiger partial charge on any atom is -0.504 e. The number of carbonyl (C=O) groups is 1. The molecular weight excluding hydrogens is 462 g/mol. The molecule has 188 valence electrons. The summed E-state index contributed by atoms with van der Waals surface area (Å²) in [4.78, 5) is 12.6. The molecule has 0 heterocycles. The summed E-state index contributed by atoms with van der Waals surface area (Å²) >= 11 is 0. The molecule has 0 unspecified atom stereocenters. The van der Waals surface area contributed by atoms with Crippen LogP contribution in [0.15, 0.2) is 54.6 Å². The molecule has 0 fully saturated rings. The molecule has 2 N–H and O–H groups in total. The molecule has 8 heteroatoms. The van der Waals surface area contributed by atoms with Crippen molar-refractivity contribution >= 4 is 29.8 Å². The number of methoxy groups -OCH3 is 5. The van der Waals surface area contributed by atoms with Gasteiger partial charge in [-0.2, -0.15) is 0 Å². The monoisotopic (exact) mass is 491 g/mol. The maximum atomic E-state index is 12.6. The molecule has 3 aromatic rings. The lowest BCUT2D eigenvalue weighted by Crippen LogP contribution is -2.09. The van der Waals surface area contributed by atoms with Crippen molar-refractivity contribution in [3.8, 4) is 34.5 Å². The largest absolute Gasteiger partial charge is 0.504 e. The SMILES string of the molecule is COc1ccc(NC(=O)/C=C/c2ccc(O)c(OC)c2)c(C=Cc2cc(OC)c(OC)c(OC)c2)c1. The summed E-state index contributed by atoms with van der Waals surface area (Å²) in [5, 5.41) is 12.6. The number of carbonyl (C=O) groups excluding carboxylic acids is 1. The van der Waals surface area contributed by atoms with E-state index in [4.69, 9.17) is 23.7 Å². The number of phenolic OH excluding ortho intramolecular Hbond substituents is 1. The summed E-state index contributed by atoms with van der Waals surface area (Å²) < 4.78 is 26.7. The highest BCUT2D eigenvalue weighted by Crippen LogP contribution is 2.39. The zero-order valence-electron chi connectivity index (χ0n) is 20.8. The van der Waals surface area contributed by atoms with Crippen molar-refractivity contribution < 1.29 is 33.6 Å². The third-order valence-corrected chi connectivity index (χ3v) is 5.29. The molecule has 0 saturated heterocycles. The summed E-state index contributed by atoms with van der Waals surface area (Å²) in [5.74, 6) is 2.24. The fourth-order valence-electron chi connectivity index (χ4n) is 3.45. The lowest BCUT2D eigenvalue weighted by atomic mass is 10.1. The lowest BCUT2D eigenvalue weighted by molar-refractivity contribution is -0.111. The minimum atomic E-state index is -0.324. The van der Waals surface area contributed by atoms with Crippen LogP contribution in [0.25, 0.3) is 18.2 Å². The number of anilines is 1. The Balaban J connectivity index is 1.86. The van der Waals surface area contributed by atoms with Crippen molar-refractivity contribution in [2.45, 2.75) is 0 Å². The highest BCUT2D eigenvalue weighted by Gasteiger charge is 2.12. The van der Waals surface area contributed by atoms with E-state index in [1.165, 1.54) is 19.3 Å². The van der Waals surface area contributed by atoms with Crippen LogP contribution in [0.4, 0.5) is 5.69 Å². The average Bonchev–Trinajstić information content (AvgIpc) is 2.91. The van der Waals surface area contributed by atoms with Gasteiger partial charge in [-0.25, -0.2) is 0 Å². The van der Waals surface area contributed by atoms with Crippen LogP contribution in [0.2, 0.25) is 0 Å². The molecule has 0 atom stereocenters. The van der Waals surface area contributed by atoms with Gasteiger partial charge in [0.2, 0.25) is 11.7 Å². The van der Waals surface area contributed by atoms with E-state index >= 15 is 0 Å². The van der Waals surface area contributed by atoms with E-state index in [0.29, 0.717) is 40.0 Å². The van der Waals surface area contributed by atoms with Crippen LogP contribution < -0.4 is 29.0 Å². The Morgan fingerprint density at radius 3 is 2.00 bits per heavy atom. The summed E-state index contributed by atoms with van der Waals surface area (Å²) in [6, 6.07) is 13.8. The van der Waals surface area contributed by atoms with Gasteiger partial charge in [-0.15, -0.1) is 0 Å². The molecule has 0 aliphatic rings. The number of hydrogen-bond donors (Lipinski definition) is 2. The average molecular weight is 492 g/mol. The molecule has 0 bridgehead atoms. The van der Waals surface area contributed by atoms with Gasteiger partial charge in [-0.05, 0) is 59.7 Å². The number of phenols is 1. The Labute approximate surface area is 210 Å². The number of rotatable bonds is 10. The van der Waals surface area contributed by atoms with E-state index < -0.39 is 0 Å². The first-order valence-electron chi connectivity index (χ1n) is 10.9. The quantitative estimate of drug-likeness (QED) is 0.295. The third kappa shape index (κ3) is 6.29. The normalized spacial score (nSPS) is 10.9. The van der Waals surface area contributed by atoms with Crippen LogP contribution in [-0.2, 0) is 4.79 Å². The molecule has 8 nitrogen and oxygen atoms in total. The van der Waals surface area contributed by atoms with Gasteiger partial charge >= 0.3 is 0 Å². The molecule has 1 amide bonds. The molecule has 36 heavy (non-hydrogen) atoms. The molecule has 3 aromatic carbocycles. The highest BCUT2D eigenvalue weighted by atomic mass is 16.5. The van der Waals surface area contributed by atoms with E-state index in [9.17, 15) is 9.90 Å². The topological polar surface area (TPSA) is 95.5 Å². The van der Waals surface area contributed by atoms with Crippen LogP contribution in [0.5, 0.6) is 34.5 Å². The number of hydrogen-bond acceptors (Lipinski definition) is 7. The molecule has 0 spiro atoms. The minimum absolute atomic E-state index is 0.0286. The highest BCUT2D eigenvalue weighted by molar-refractivity contribution is 6.03. The second-order valence-corrected chi connectivity index (χ2v) is 7.50. The van der Waals surface area contributed by atoms with Crippen molar-refractivity contribution in [2.75, 3.05) is 40.9 Å². The van der Waals surface area contributed by atoms with Gasteiger partial charge in [0.1, 0.15) is 5.75 Å².